The highest BCUT2D eigenvalue weighted by Gasteiger charge is 2.22. The van der Waals surface area contributed by atoms with Crippen LogP contribution in [-0.4, -0.2) is 82.3 Å². The molecule has 0 radical (unpaired) electrons. The first kappa shape index (κ1) is 63.0. The zero-order valence-corrected chi connectivity index (χ0v) is 43.3. The lowest BCUT2D eigenvalue weighted by Crippen LogP contribution is -2.44. The van der Waals surface area contributed by atoms with Crippen LogP contribution in [-0.2, 0) is 33.3 Å². The highest BCUT2D eigenvalue weighted by atomic mass is 16.7. The van der Waals surface area contributed by atoms with Gasteiger partial charge in [0, 0.05) is 12.8 Å². The number of allylic oxidation sites excluding steroid dienone is 10. The van der Waals surface area contributed by atoms with E-state index in [2.05, 4.69) is 74.6 Å². The predicted molar refractivity (Wildman–Crippen MR) is 274 cm³/mol. The van der Waals surface area contributed by atoms with E-state index in [1.54, 1.807) is 0 Å². The fraction of sp³-hybridized carbons (Fsp3) is 0.772. The van der Waals surface area contributed by atoms with Crippen LogP contribution in [0.3, 0.4) is 0 Å². The van der Waals surface area contributed by atoms with E-state index in [4.69, 9.17) is 18.9 Å². The van der Waals surface area contributed by atoms with E-state index >= 15 is 0 Å². The van der Waals surface area contributed by atoms with Gasteiger partial charge in [0.1, 0.15) is 13.2 Å². The number of carbonyl (C=O) groups excluding carboxylic acids is 3. The van der Waals surface area contributed by atoms with Crippen LogP contribution in [0.4, 0.5) is 0 Å². The van der Waals surface area contributed by atoms with E-state index in [0.717, 1.165) is 83.5 Å². The van der Waals surface area contributed by atoms with E-state index < -0.39 is 24.3 Å². The molecule has 9 heteroatoms. The molecule has 0 saturated carbocycles. The second-order valence-electron chi connectivity index (χ2n) is 19.1. The highest BCUT2D eigenvalue weighted by Crippen LogP contribution is 2.15. The molecule has 0 spiro atoms. The van der Waals surface area contributed by atoms with E-state index in [1.165, 1.54) is 109 Å². The molecule has 0 saturated heterocycles. The van der Waals surface area contributed by atoms with Gasteiger partial charge < -0.3 is 33.3 Å². The van der Waals surface area contributed by atoms with Gasteiger partial charge >= 0.3 is 11.9 Å². The lowest BCUT2D eigenvalue weighted by molar-refractivity contribution is -0.870. The van der Waals surface area contributed by atoms with Gasteiger partial charge in [0.05, 0.1) is 40.3 Å². The molecule has 0 heterocycles. The van der Waals surface area contributed by atoms with Crippen LogP contribution in [0.5, 0.6) is 0 Å². The molecule has 382 valence electrons. The number of hydrogen-bond acceptors (Lipinski definition) is 8. The summed E-state index contributed by atoms with van der Waals surface area (Å²) in [6.45, 7) is 4.63. The van der Waals surface area contributed by atoms with E-state index in [0.29, 0.717) is 17.4 Å². The van der Waals surface area contributed by atoms with Crippen molar-refractivity contribution in [2.75, 3.05) is 47.5 Å². The fourth-order valence-corrected chi connectivity index (χ4v) is 7.35. The Kier molecular flexibility index (Phi) is 46.2. The first-order valence-electron chi connectivity index (χ1n) is 26.9. The van der Waals surface area contributed by atoms with Gasteiger partial charge in [0.25, 0.3) is 0 Å². The number of nitrogens with zero attached hydrogens (tertiary/aromatic N) is 1. The van der Waals surface area contributed by atoms with E-state index in [1.807, 2.05) is 21.1 Å². The third-order valence-electron chi connectivity index (χ3n) is 11.5. The van der Waals surface area contributed by atoms with Crippen molar-refractivity contribution in [3.8, 4) is 0 Å². The number of esters is 2. The number of rotatable bonds is 49. The number of quaternary nitrogens is 1. The van der Waals surface area contributed by atoms with Crippen molar-refractivity contribution in [3.05, 3.63) is 60.8 Å². The number of aliphatic carboxylic acids is 1. The number of unbranched alkanes of at least 4 members (excludes halogenated alkanes) is 24. The summed E-state index contributed by atoms with van der Waals surface area (Å²) < 4.78 is 22.7. The number of carboxylic acids is 1. The molecule has 0 bridgehead atoms. The fourth-order valence-electron chi connectivity index (χ4n) is 7.35. The average molecular weight is 928 g/mol. The van der Waals surface area contributed by atoms with Gasteiger partial charge in [-0.3, -0.25) is 9.59 Å². The summed E-state index contributed by atoms with van der Waals surface area (Å²) in [4.78, 5) is 37.2. The molecule has 9 nitrogen and oxygen atoms in total. The Labute approximate surface area is 405 Å². The molecule has 0 N–H and O–H groups in total. The van der Waals surface area contributed by atoms with Crippen LogP contribution >= 0.6 is 0 Å². The maximum absolute atomic E-state index is 12.8. The van der Waals surface area contributed by atoms with Crippen molar-refractivity contribution in [2.24, 2.45) is 0 Å². The van der Waals surface area contributed by atoms with Crippen LogP contribution in [0, 0.1) is 0 Å². The molecule has 0 rings (SSSR count). The maximum atomic E-state index is 12.8. The molecule has 2 atom stereocenters. The summed E-state index contributed by atoms with van der Waals surface area (Å²) in [5, 5.41) is 11.7. The molecular weight excluding hydrogens is 827 g/mol. The summed E-state index contributed by atoms with van der Waals surface area (Å²) in [7, 11) is 5.91. The van der Waals surface area contributed by atoms with Gasteiger partial charge in [0.15, 0.2) is 12.4 Å². The zero-order chi connectivity index (χ0) is 48.4. The Bertz CT molecular complexity index is 1270. The minimum atomic E-state index is -1.62. The Morgan fingerprint density at radius 3 is 1.30 bits per heavy atom. The predicted octanol–water partition coefficient (Wildman–Crippen LogP) is 14.0. The summed E-state index contributed by atoms with van der Waals surface area (Å²) in [6, 6.07) is 0. The van der Waals surface area contributed by atoms with Gasteiger partial charge in [-0.2, -0.15) is 0 Å². The summed E-state index contributed by atoms with van der Waals surface area (Å²) in [6.07, 6.45) is 56.8. The Morgan fingerprint density at radius 1 is 0.470 bits per heavy atom. The number of hydrogen-bond donors (Lipinski definition) is 0. The van der Waals surface area contributed by atoms with Crippen LogP contribution in [0.25, 0.3) is 0 Å². The van der Waals surface area contributed by atoms with Crippen LogP contribution in [0.15, 0.2) is 60.8 Å². The molecule has 0 fully saturated rings. The monoisotopic (exact) mass is 928 g/mol. The number of likely N-dealkylation sites (N-methyl/N-ethyl adjacent to an activating group) is 1. The van der Waals surface area contributed by atoms with E-state index in [-0.39, 0.29) is 38.6 Å². The summed E-state index contributed by atoms with van der Waals surface area (Å²) in [5.74, 6) is -2.29. The molecule has 0 aromatic carbocycles. The molecule has 0 aliphatic rings. The Hall–Kier alpha value is -3.01. The van der Waals surface area contributed by atoms with Gasteiger partial charge in [-0.15, -0.1) is 0 Å². The number of carboxylic acid groups (broad SMARTS) is 1. The van der Waals surface area contributed by atoms with Crippen LogP contribution < -0.4 is 5.11 Å². The minimum absolute atomic E-state index is 0.144. The van der Waals surface area contributed by atoms with Crippen LogP contribution in [0.2, 0.25) is 0 Å². The van der Waals surface area contributed by atoms with Crippen molar-refractivity contribution in [1.29, 1.82) is 0 Å². The van der Waals surface area contributed by atoms with Gasteiger partial charge in [-0.1, -0.05) is 197 Å². The third kappa shape index (κ3) is 48.9. The Morgan fingerprint density at radius 2 is 0.864 bits per heavy atom. The second kappa shape index (κ2) is 48.4. The van der Waals surface area contributed by atoms with Crippen molar-refractivity contribution in [1.82, 2.24) is 0 Å². The van der Waals surface area contributed by atoms with E-state index in [9.17, 15) is 19.5 Å². The van der Waals surface area contributed by atoms with Crippen molar-refractivity contribution in [3.63, 3.8) is 0 Å². The topological polar surface area (TPSA) is 111 Å². The summed E-state index contributed by atoms with van der Waals surface area (Å²) in [5.41, 5.74) is 0. The second-order valence-corrected chi connectivity index (χ2v) is 19.1. The first-order chi connectivity index (χ1) is 32.1. The van der Waals surface area contributed by atoms with Crippen molar-refractivity contribution >= 4 is 17.9 Å². The molecule has 0 aliphatic heterocycles. The molecule has 0 aliphatic carbocycles. The smallest absolute Gasteiger partial charge is 0.306 e. The molecule has 0 aromatic heterocycles. The molecule has 2 unspecified atom stereocenters. The normalized spacial score (nSPS) is 13.3. The number of carbonyl (C=O) groups is 3. The third-order valence-corrected chi connectivity index (χ3v) is 11.5. The Balaban J connectivity index is 4.31. The average Bonchev–Trinajstić information content (AvgIpc) is 3.28. The maximum Gasteiger partial charge on any atom is 0.306 e. The first-order valence-corrected chi connectivity index (χ1v) is 26.9. The molecule has 0 amide bonds. The van der Waals surface area contributed by atoms with Gasteiger partial charge in [-0.25, -0.2) is 0 Å². The quantitative estimate of drug-likeness (QED) is 0.0195. The van der Waals surface area contributed by atoms with Gasteiger partial charge in [0.2, 0.25) is 0 Å². The molecule has 66 heavy (non-hydrogen) atoms. The van der Waals surface area contributed by atoms with Crippen molar-refractivity contribution < 1.29 is 42.9 Å². The number of ether oxygens (including phenoxy) is 4. The molecule has 0 aromatic rings. The lowest BCUT2D eigenvalue weighted by atomic mass is 10.0. The SMILES string of the molecule is CC/C=C\C/C=C\C/C=C\C/C=C\CCCCCCCCCCCCC(=O)OC(COC(=O)CCCCCCCCC/C=C\CCCCCCCCC)COC(OCC[N+](C)(C)C)C(=O)[O-]. The highest BCUT2D eigenvalue weighted by molar-refractivity contribution is 5.70. The van der Waals surface area contributed by atoms with Crippen LogP contribution in [0.1, 0.15) is 226 Å². The zero-order valence-electron chi connectivity index (χ0n) is 43.3. The van der Waals surface area contributed by atoms with Gasteiger partial charge in [-0.05, 0) is 77.0 Å². The standard InChI is InChI=1S/C57H101NO8/c1-6-8-10-12-14-16-18-20-22-24-26-27-28-29-30-32-34-36-38-40-42-44-46-48-55(60)66-53(52-65-57(56(61)62)63-50-49-58(3,4)5)51-64-54(59)47-45-43-41-39-37-35-33-31-25-23-21-19-17-15-13-11-9-7-2/h8,10,14,16,20,22-23,25-27,53,57H,6-7,9,11-13,15,17-19,21,24,28-52H2,1-5H3/b10-8-,16-14-,22-20-,25-23-,27-26-. The summed E-state index contributed by atoms with van der Waals surface area (Å²) >= 11 is 0. The lowest BCUT2D eigenvalue weighted by Gasteiger charge is -2.26. The molecular formula is C57H101NO8. The largest absolute Gasteiger partial charge is 0.545 e. The van der Waals surface area contributed by atoms with Crippen molar-refractivity contribution in [2.45, 2.75) is 238 Å². The minimum Gasteiger partial charge on any atom is -0.545 e.